The normalized spacial score (nSPS) is 12.1. The molecule has 0 saturated heterocycles. The van der Waals surface area contributed by atoms with Crippen molar-refractivity contribution in [2.45, 2.75) is 39.3 Å². The number of ether oxygens (including phenoxy) is 1. The third-order valence-corrected chi connectivity index (χ3v) is 3.03. The number of hydrogen-bond acceptors (Lipinski definition) is 6. The minimum Gasteiger partial charge on any atom is -0.469 e. The Morgan fingerprint density at radius 2 is 2.00 bits per heavy atom. The van der Waals surface area contributed by atoms with Gasteiger partial charge in [-0.1, -0.05) is 11.3 Å². The van der Waals surface area contributed by atoms with Crippen LogP contribution in [0.15, 0.2) is 0 Å². The maximum Gasteiger partial charge on any atom is 0.294 e. The first kappa shape index (κ1) is 15.3. The third kappa shape index (κ3) is 6.88. The van der Waals surface area contributed by atoms with E-state index in [0.29, 0.717) is 11.8 Å². The van der Waals surface area contributed by atoms with Gasteiger partial charge in [0.05, 0.1) is 13.2 Å². The van der Waals surface area contributed by atoms with Gasteiger partial charge in [0.25, 0.3) is 5.19 Å². The molecule has 1 aromatic heterocycles. The Kier molecular flexibility index (Phi) is 5.98. The van der Waals surface area contributed by atoms with Crippen molar-refractivity contribution >= 4 is 11.3 Å². The van der Waals surface area contributed by atoms with E-state index in [2.05, 4.69) is 55.3 Å². The summed E-state index contributed by atoms with van der Waals surface area (Å²) in [5.41, 5.74) is 0.0956. The highest BCUT2D eigenvalue weighted by Gasteiger charge is 2.11. The van der Waals surface area contributed by atoms with E-state index in [4.69, 9.17) is 4.74 Å². The third-order valence-electron chi connectivity index (χ3n) is 2.19. The largest absolute Gasteiger partial charge is 0.469 e. The second-order valence-electron chi connectivity index (χ2n) is 5.57. The summed E-state index contributed by atoms with van der Waals surface area (Å²) in [4.78, 5) is 2.14. The highest BCUT2D eigenvalue weighted by molar-refractivity contribution is 7.13. The van der Waals surface area contributed by atoms with E-state index in [1.807, 2.05) is 0 Å². The zero-order valence-electron chi connectivity index (χ0n) is 12.0. The lowest BCUT2D eigenvalue weighted by atomic mass is 10.1. The summed E-state index contributed by atoms with van der Waals surface area (Å²) in [6.45, 7) is 8.85. The SMILES string of the molecule is CN(C)CCCOc1nnc(CNC(C)(C)C)s1. The van der Waals surface area contributed by atoms with Crippen molar-refractivity contribution in [3.8, 4) is 5.19 Å². The number of aromatic nitrogens is 2. The van der Waals surface area contributed by atoms with Crippen LogP contribution in [0, 0.1) is 0 Å². The zero-order chi connectivity index (χ0) is 13.6. The van der Waals surface area contributed by atoms with Crippen LogP contribution in [0.25, 0.3) is 0 Å². The summed E-state index contributed by atoms with van der Waals surface area (Å²) in [7, 11) is 4.11. The summed E-state index contributed by atoms with van der Waals surface area (Å²) in [5.74, 6) is 0. The maximum atomic E-state index is 5.56. The first-order valence-electron chi connectivity index (χ1n) is 6.22. The molecule has 0 aliphatic heterocycles. The fourth-order valence-corrected chi connectivity index (χ4v) is 1.90. The minimum absolute atomic E-state index is 0.0956. The molecular formula is C12H24N4OS. The van der Waals surface area contributed by atoms with Gasteiger partial charge < -0.3 is 15.0 Å². The molecule has 18 heavy (non-hydrogen) atoms. The molecule has 0 spiro atoms. The molecule has 104 valence electrons. The van der Waals surface area contributed by atoms with Gasteiger partial charge in [-0.05, 0) is 41.3 Å². The van der Waals surface area contributed by atoms with Crippen LogP contribution in [0.3, 0.4) is 0 Å². The Hall–Kier alpha value is -0.720. The molecule has 0 aromatic carbocycles. The second-order valence-corrected chi connectivity index (χ2v) is 6.60. The van der Waals surface area contributed by atoms with E-state index < -0.39 is 0 Å². The molecule has 0 unspecified atom stereocenters. The molecule has 1 aromatic rings. The number of nitrogens with zero attached hydrogens (tertiary/aromatic N) is 3. The van der Waals surface area contributed by atoms with E-state index in [-0.39, 0.29) is 5.54 Å². The molecular weight excluding hydrogens is 248 g/mol. The summed E-state index contributed by atoms with van der Waals surface area (Å²) in [5, 5.41) is 13.1. The molecule has 1 heterocycles. The molecule has 0 aliphatic carbocycles. The van der Waals surface area contributed by atoms with Crippen LogP contribution in [-0.4, -0.2) is 47.9 Å². The molecule has 0 amide bonds. The Bertz CT molecular complexity index is 346. The summed E-state index contributed by atoms with van der Waals surface area (Å²) < 4.78 is 5.56. The van der Waals surface area contributed by atoms with E-state index in [1.54, 1.807) is 0 Å². The van der Waals surface area contributed by atoms with Crippen molar-refractivity contribution < 1.29 is 4.74 Å². The average molecular weight is 272 g/mol. The van der Waals surface area contributed by atoms with Gasteiger partial charge >= 0.3 is 0 Å². The van der Waals surface area contributed by atoms with E-state index in [1.165, 1.54) is 11.3 Å². The van der Waals surface area contributed by atoms with Gasteiger partial charge in [-0.3, -0.25) is 0 Å². The van der Waals surface area contributed by atoms with Gasteiger partial charge in [0.1, 0.15) is 5.01 Å². The van der Waals surface area contributed by atoms with Crippen LogP contribution in [0.5, 0.6) is 5.19 Å². The van der Waals surface area contributed by atoms with E-state index in [9.17, 15) is 0 Å². The second kappa shape index (κ2) is 7.01. The van der Waals surface area contributed by atoms with Crippen LogP contribution >= 0.6 is 11.3 Å². The number of hydrogen-bond donors (Lipinski definition) is 1. The van der Waals surface area contributed by atoms with Crippen molar-refractivity contribution in [1.29, 1.82) is 0 Å². The Labute approximate surface area is 114 Å². The fourth-order valence-electron chi connectivity index (χ4n) is 1.25. The average Bonchev–Trinajstić information content (AvgIpc) is 2.68. The first-order chi connectivity index (χ1) is 8.37. The van der Waals surface area contributed by atoms with Gasteiger partial charge in [-0.15, -0.1) is 10.2 Å². The predicted octanol–water partition coefficient (Wildman–Crippen LogP) is 1.76. The van der Waals surface area contributed by atoms with E-state index >= 15 is 0 Å². The lowest BCUT2D eigenvalue weighted by Gasteiger charge is -2.19. The smallest absolute Gasteiger partial charge is 0.294 e. The molecule has 0 aliphatic rings. The van der Waals surface area contributed by atoms with Crippen LogP contribution in [-0.2, 0) is 6.54 Å². The quantitative estimate of drug-likeness (QED) is 0.767. The lowest BCUT2D eigenvalue weighted by Crippen LogP contribution is -2.35. The monoisotopic (exact) mass is 272 g/mol. The van der Waals surface area contributed by atoms with Crippen molar-refractivity contribution in [3.63, 3.8) is 0 Å². The zero-order valence-corrected chi connectivity index (χ0v) is 12.8. The van der Waals surface area contributed by atoms with Crippen molar-refractivity contribution in [3.05, 3.63) is 5.01 Å². The molecule has 0 saturated carbocycles. The highest BCUT2D eigenvalue weighted by Crippen LogP contribution is 2.18. The van der Waals surface area contributed by atoms with Gasteiger partial charge in [-0.2, -0.15) is 0 Å². The summed E-state index contributed by atoms with van der Waals surface area (Å²) in [6, 6.07) is 0. The molecule has 5 nitrogen and oxygen atoms in total. The van der Waals surface area contributed by atoms with Crippen molar-refractivity contribution in [1.82, 2.24) is 20.4 Å². The molecule has 0 atom stereocenters. The van der Waals surface area contributed by atoms with Crippen molar-refractivity contribution in [2.75, 3.05) is 27.2 Å². The highest BCUT2D eigenvalue weighted by atomic mass is 32.1. The van der Waals surface area contributed by atoms with Crippen LogP contribution in [0.2, 0.25) is 0 Å². The first-order valence-corrected chi connectivity index (χ1v) is 7.03. The van der Waals surface area contributed by atoms with E-state index in [0.717, 1.165) is 24.5 Å². The Morgan fingerprint density at radius 3 is 2.61 bits per heavy atom. The standard InChI is InChI=1S/C12H24N4OS/c1-12(2,3)13-9-10-14-15-11(18-10)17-8-6-7-16(4)5/h13H,6-9H2,1-5H3. The molecule has 0 fully saturated rings. The van der Waals surface area contributed by atoms with Gasteiger partial charge in [0.15, 0.2) is 0 Å². The molecule has 1 rings (SSSR count). The summed E-state index contributed by atoms with van der Waals surface area (Å²) in [6.07, 6.45) is 1.00. The Morgan fingerprint density at radius 1 is 1.28 bits per heavy atom. The summed E-state index contributed by atoms with van der Waals surface area (Å²) >= 11 is 1.51. The van der Waals surface area contributed by atoms with Gasteiger partial charge in [0, 0.05) is 12.1 Å². The molecule has 0 bridgehead atoms. The lowest BCUT2D eigenvalue weighted by molar-refractivity contribution is 0.279. The maximum absolute atomic E-state index is 5.56. The minimum atomic E-state index is 0.0956. The molecule has 0 radical (unpaired) electrons. The molecule has 6 heteroatoms. The van der Waals surface area contributed by atoms with Gasteiger partial charge in [0.2, 0.25) is 0 Å². The fraction of sp³-hybridized carbons (Fsp3) is 0.833. The molecule has 1 N–H and O–H groups in total. The number of nitrogens with one attached hydrogen (secondary N) is 1. The predicted molar refractivity (Wildman–Crippen MR) is 75.2 cm³/mol. The van der Waals surface area contributed by atoms with Crippen LogP contribution < -0.4 is 10.1 Å². The topological polar surface area (TPSA) is 50.3 Å². The van der Waals surface area contributed by atoms with Crippen LogP contribution in [0.1, 0.15) is 32.2 Å². The van der Waals surface area contributed by atoms with Crippen molar-refractivity contribution in [2.24, 2.45) is 0 Å². The Balaban J connectivity index is 2.26. The van der Waals surface area contributed by atoms with Crippen LogP contribution in [0.4, 0.5) is 0 Å². The van der Waals surface area contributed by atoms with Gasteiger partial charge in [-0.25, -0.2) is 0 Å². The number of rotatable bonds is 7.